The van der Waals surface area contributed by atoms with Gasteiger partial charge in [0.1, 0.15) is 11.8 Å². The van der Waals surface area contributed by atoms with Crippen molar-refractivity contribution < 1.29 is 39.0 Å². The van der Waals surface area contributed by atoms with Crippen molar-refractivity contribution in [2.75, 3.05) is 6.54 Å². The van der Waals surface area contributed by atoms with Crippen LogP contribution in [0, 0.1) is 23.7 Å². The van der Waals surface area contributed by atoms with Gasteiger partial charge in [0.05, 0.1) is 12.6 Å². The van der Waals surface area contributed by atoms with E-state index in [-0.39, 0.29) is 54.7 Å². The lowest BCUT2D eigenvalue weighted by Crippen LogP contribution is -2.55. The number of nitrogens with zero attached hydrogens (tertiary/aromatic N) is 1. The summed E-state index contributed by atoms with van der Waals surface area (Å²) in [4.78, 5) is 74.6. The zero-order chi connectivity index (χ0) is 34.4. The van der Waals surface area contributed by atoms with Crippen molar-refractivity contribution in [3.8, 4) is 0 Å². The average Bonchev–Trinajstić information content (AvgIpc) is 2.95. The number of hydrogen-bond acceptors (Lipinski definition) is 7. The van der Waals surface area contributed by atoms with Gasteiger partial charge in [0.15, 0.2) is 0 Å². The largest absolute Gasteiger partial charge is 0.480 e. The highest BCUT2D eigenvalue weighted by atomic mass is 16.4. The number of carboxylic acid groups (broad SMARTS) is 1. The number of rotatable bonds is 20. The number of hydrogen-bond donors (Lipinski definition) is 4. The van der Waals surface area contributed by atoms with Crippen LogP contribution >= 0.6 is 0 Å². The highest BCUT2D eigenvalue weighted by Gasteiger charge is 2.43. The van der Waals surface area contributed by atoms with Crippen molar-refractivity contribution in [3.63, 3.8) is 0 Å². The molecule has 0 aromatic carbocycles. The second-order valence-corrected chi connectivity index (χ2v) is 14.6. The van der Waals surface area contributed by atoms with E-state index in [1.165, 1.54) is 11.8 Å². The Morgan fingerprint density at radius 1 is 0.870 bits per heavy atom. The van der Waals surface area contributed by atoms with Crippen LogP contribution < -0.4 is 10.6 Å². The molecule has 0 aromatic heterocycles. The number of amides is 4. The quantitative estimate of drug-likeness (QED) is 0.110. The second-order valence-electron chi connectivity index (χ2n) is 14.6. The highest BCUT2D eigenvalue weighted by Crippen LogP contribution is 2.37. The van der Waals surface area contributed by atoms with Gasteiger partial charge in [-0.15, -0.1) is 0 Å². The summed E-state index contributed by atoms with van der Waals surface area (Å²) in [7, 11) is 0. The Kier molecular flexibility index (Phi) is 16.4. The van der Waals surface area contributed by atoms with Crippen LogP contribution in [0.25, 0.3) is 0 Å². The number of carbonyl (C=O) groups excluding carboxylic acids is 5. The number of likely N-dealkylation sites (tertiary alicyclic amines) is 1. The van der Waals surface area contributed by atoms with E-state index in [2.05, 4.69) is 17.6 Å². The molecule has 0 aromatic rings. The second kappa shape index (κ2) is 19.1. The Morgan fingerprint density at radius 3 is 1.98 bits per heavy atom. The molecule has 11 nitrogen and oxygen atoms in total. The Labute approximate surface area is 275 Å². The zero-order valence-electron chi connectivity index (χ0n) is 28.8. The first-order chi connectivity index (χ1) is 21.6. The fourth-order valence-corrected chi connectivity index (χ4v) is 7.13. The number of carboxylic acids is 1. The van der Waals surface area contributed by atoms with Crippen molar-refractivity contribution in [3.05, 3.63) is 0 Å². The summed E-state index contributed by atoms with van der Waals surface area (Å²) in [6, 6.07) is -0.997. The molecule has 0 radical (unpaired) electrons. The molecular weight excluding hydrogens is 590 g/mol. The van der Waals surface area contributed by atoms with Crippen molar-refractivity contribution >= 4 is 35.4 Å². The lowest BCUT2D eigenvalue weighted by Gasteiger charge is -2.42. The molecule has 5 atom stereocenters. The van der Waals surface area contributed by atoms with Crippen LogP contribution in [-0.4, -0.2) is 74.7 Å². The molecule has 4 amide bonds. The lowest BCUT2D eigenvalue weighted by molar-refractivity contribution is -0.157. The van der Waals surface area contributed by atoms with Crippen LogP contribution in [0.3, 0.4) is 0 Å². The predicted octanol–water partition coefficient (Wildman–Crippen LogP) is 4.53. The minimum absolute atomic E-state index is 0.0551. The number of aliphatic carboxylic acids is 1. The summed E-state index contributed by atoms with van der Waals surface area (Å²) in [5.74, 6) is -2.43. The van der Waals surface area contributed by atoms with Gasteiger partial charge >= 0.3 is 5.97 Å². The summed E-state index contributed by atoms with van der Waals surface area (Å²) >= 11 is 0. The number of unbranched alkanes of at least 4 members (excludes halogenated alkanes) is 8. The molecule has 1 aliphatic carbocycles. The van der Waals surface area contributed by atoms with E-state index in [0.717, 1.165) is 70.6 Å². The summed E-state index contributed by atoms with van der Waals surface area (Å²) in [5, 5.41) is 24.5. The number of aliphatic hydroxyl groups is 1. The Hall–Kier alpha value is -2.82. The standard InChI is InChI=1S/C35H59N3O8/c1-23-17-24(2)33(44)27(18-23)28(39)19-26-20-31(42)38(32(43)21-26)35(4,5)16-14-12-10-8-6-7-9-11-13-15-29(40)36-22-30(41)37-25(3)34(45)46/h23-28,39H,6-22H2,1-5H3,(H,36,40)(H,37,41)(H,45,46)/t23-,24-,25?,27?,28?/m0/s1. The normalized spacial score (nSPS) is 22.4. The number of nitrogens with one attached hydrogen (secondary N) is 2. The van der Waals surface area contributed by atoms with Crippen LogP contribution in [0.4, 0.5) is 0 Å². The SMILES string of the molecule is CC(NC(=O)CNC(=O)CCCCCCCCCCCC(C)(C)N1C(=O)CC(CC(O)C2C[C@@H](C)C[C@H](C)C2=O)CC1=O)C(=O)O. The molecule has 11 heteroatoms. The van der Waals surface area contributed by atoms with Gasteiger partial charge in [-0.05, 0) is 64.7 Å². The van der Waals surface area contributed by atoms with E-state index in [0.29, 0.717) is 25.2 Å². The first-order valence-electron chi connectivity index (χ1n) is 17.5. The van der Waals surface area contributed by atoms with Crippen LogP contribution in [0.15, 0.2) is 0 Å². The zero-order valence-corrected chi connectivity index (χ0v) is 28.8. The average molecular weight is 650 g/mol. The maximum atomic E-state index is 13.1. The number of ketones is 1. The van der Waals surface area contributed by atoms with Crippen LogP contribution in [0.2, 0.25) is 0 Å². The van der Waals surface area contributed by atoms with Gasteiger partial charge in [-0.1, -0.05) is 65.2 Å². The number of aliphatic hydroxyl groups excluding tert-OH is 1. The van der Waals surface area contributed by atoms with Gasteiger partial charge < -0.3 is 20.8 Å². The number of carbonyl (C=O) groups is 6. The van der Waals surface area contributed by atoms with Gasteiger partial charge in [-0.3, -0.25) is 33.7 Å². The van der Waals surface area contributed by atoms with Crippen molar-refractivity contribution in [2.24, 2.45) is 23.7 Å². The van der Waals surface area contributed by atoms with Gasteiger partial charge in [-0.2, -0.15) is 0 Å². The van der Waals surface area contributed by atoms with E-state index in [4.69, 9.17) is 5.11 Å². The van der Waals surface area contributed by atoms with Crippen LogP contribution in [0.5, 0.6) is 0 Å². The van der Waals surface area contributed by atoms with Gasteiger partial charge in [0.25, 0.3) is 0 Å². The molecule has 262 valence electrons. The third-order valence-electron chi connectivity index (χ3n) is 9.72. The first kappa shape index (κ1) is 39.4. The van der Waals surface area contributed by atoms with Crippen molar-refractivity contribution in [2.45, 2.75) is 155 Å². The van der Waals surface area contributed by atoms with Crippen molar-refractivity contribution in [1.82, 2.24) is 15.5 Å². The fourth-order valence-electron chi connectivity index (χ4n) is 7.13. The van der Waals surface area contributed by atoms with Crippen LogP contribution in [-0.2, 0) is 28.8 Å². The molecule has 1 heterocycles. The van der Waals surface area contributed by atoms with Crippen molar-refractivity contribution in [1.29, 1.82) is 0 Å². The minimum atomic E-state index is -1.13. The van der Waals surface area contributed by atoms with Crippen LogP contribution in [0.1, 0.15) is 137 Å². The first-order valence-corrected chi connectivity index (χ1v) is 17.5. The molecule has 0 bridgehead atoms. The molecule has 1 saturated heterocycles. The summed E-state index contributed by atoms with van der Waals surface area (Å²) in [5.41, 5.74) is -0.561. The maximum Gasteiger partial charge on any atom is 0.325 e. The van der Waals surface area contributed by atoms with E-state index in [1.54, 1.807) is 0 Å². The number of Topliss-reactive ketones (excluding diaryl/α,β-unsaturated/α-hetero) is 1. The number of imide groups is 1. The topological polar surface area (TPSA) is 170 Å². The summed E-state index contributed by atoms with van der Waals surface area (Å²) in [6.07, 6.45) is 11.6. The molecule has 2 rings (SSSR count). The Bertz CT molecular complexity index is 1040. The summed E-state index contributed by atoms with van der Waals surface area (Å²) < 4.78 is 0. The molecule has 3 unspecified atom stereocenters. The lowest BCUT2D eigenvalue weighted by atomic mass is 9.71. The fraction of sp³-hybridized carbons (Fsp3) is 0.829. The van der Waals surface area contributed by atoms with Gasteiger partial charge in [0.2, 0.25) is 23.6 Å². The third kappa shape index (κ3) is 13.1. The highest BCUT2D eigenvalue weighted by molar-refractivity contribution is 5.98. The molecule has 1 aliphatic heterocycles. The van der Waals surface area contributed by atoms with E-state index < -0.39 is 35.5 Å². The smallest absolute Gasteiger partial charge is 0.325 e. The third-order valence-corrected chi connectivity index (χ3v) is 9.72. The monoisotopic (exact) mass is 649 g/mol. The summed E-state index contributed by atoms with van der Waals surface area (Å²) in [6.45, 7) is 9.07. The minimum Gasteiger partial charge on any atom is -0.480 e. The molecule has 2 fully saturated rings. The molecule has 4 N–H and O–H groups in total. The van der Waals surface area contributed by atoms with E-state index in [1.807, 2.05) is 20.8 Å². The van der Waals surface area contributed by atoms with Gasteiger partial charge in [-0.25, -0.2) is 0 Å². The molecule has 46 heavy (non-hydrogen) atoms. The molecule has 2 aliphatic rings. The Morgan fingerprint density at radius 2 is 1.41 bits per heavy atom. The Balaban J connectivity index is 1.56. The maximum absolute atomic E-state index is 13.1. The molecule has 0 spiro atoms. The van der Waals surface area contributed by atoms with E-state index in [9.17, 15) is 33.9 Å². The molecular formula is C35H59N3O8. The predicted molar refractivity (Wildman–Crippen MR) is 174 cm³/mol. The van der Waals surface area contributed by atoms with E-state index >= 15 is 0 Å². The number of piperidine rings is 1. The van der Waals surface area contributed by atoms with Gasteiger partial charge in [0, 0.05) is 36.6 Å². The molecule has 1 saturated carbocycles.